The first kappa shape index (κ1) is 26.3. The maximum atomic E-state index is 13.5. The van der Waals surface area contributed by atoms with Gasteiger partial charge in [0.15, 0.2) is 17.2 Å². The highest BCUT2D eigenvalue weighted by molar-refractivity contribution is 7.09. The van der Waals surface area contributed by atoms with Crippen molar-refractivity contribution in [2.75, 3.05) is 26.5 Å². The Balaban J connectivity index is 1.83. The number of hydrogen-bond acceptors (Lipinski definition) is 8. The second kappa shape index (κ2) is 11.9. The quantitative estimate of drug-likeness (QED) is 0.450. The van der Waals surface area contributed by atoms with Gasteiger partial charge in [-0.05, 0) is 55.4 Å². The lowest BCUT2D eigenvalue weighted by molar-refractivity contribution is -0.126. The maximum absolute atomic E-state index is 13.5. The summed E-state index contributed by atoms with van der Waals surface area (Å²) in [6.07, 6.45) is 5.64. The molecule has 190 valence electrons. The predicted octanol–water partition coefficient (Wildman–Crippen LogP) is 2.36. The topological polar surface area (TPSA) is 150 Å². The van der Waals surface area contributed by atoms with Gasteiger partial charge in [0.1, 0.15) is 10.9 Å². The summed E-state index contributed by atoms with van der Waals surface area (Å²) in [5.41, 5.74) is 12.0. The first-order valence-corrected chi connectivity index (χ1v) is 12.4. The van der Waals surface area contributed by atoms with Gasteiger partial charge in [0.05, 0.1) is 19.9 Å². The summed E-state index contributed by atoms with van der Waals surface area (Å²) in [4.78, 5) is 39.8. The first-order valence-electron chi connectivity index (χ1n) is 11.6. The SMILES string of the molecule is COc1ccc(CCN(C(=O)c2snc(C(N)=O)c2N)[C@@H](C)C(=O)NC2CCCCC2)cc1OC. The summed E-state index contributed by atoms with van der Waals surface area (Å²) < 4.78 is 14.6. The highest BCUT2D eigenvalue weighted by atomic mass is 32.1. The molecule has 0 saturated heterocycles. The highest BCUT2D eigenvalue weighted by Crippen LogP contribution is 2.29. The van der Waals surface area contributed by atoms with Crippen LogP contribution < -0.4 is 26.3 Å². The number of ether oxygens (including phenoxy) is 2. The third kappa shape index (κ3) is 6.21. The largest absolute Gasteiger partial charge is 0.493 e. The van der Waals surface area contributed by atoms with Crippen molar-refractivity contribution in [3.05, 3.63) is 34.3 Å². The number of amides is 3. The molecular formula is C24H33N5O5S. The minimum atomic E-state index is -0.808. The molecule has 5 N–H and O–H groups in total. The number of primary amides is 1. The average molecular weight is 504 g/mol. The van der Waals surface area contributed by atoms with Crippen molar-refractivity contribution in [2.24, 2.45) is 5.73 Å². The number of nitrogens with two attached hydrogens (primary N) is 2. The molecule has 1 aliphatic carbocycles. The van der Waals surface area contributed by atoms with Crippen LogP contribution in [0, 0.1) is 0 Å². The number of carbonyl (C=O) groups is 3. The van der Waals surface area contributed by atoms with Crippen molar-refractivity contribution in [3.63, 3.8) is 0 Å². The van der Waals surface area contributed by atoms with Crippen LogP contribution in [-0.2, 0) is 11.2 Å². The lowest BCUT2D eigenvalue weighted by atomic mass is 9.95. The molecule has 0 radical (unpaired) electrons. The average Bonchev–Trinajstić information content (AvgIpc) is 3.25. The van der Waals surface area contributed by atoms with Crippen LogP contribution >= 0.6 is 11.5 Å². The number of hydrogen-bond donors (Lipinski definition) is 3. The molecule has 10 nitrogen and oxygen atoms in total. The molecule has 0 unspecified atom stereocenters. The van der Waals surface area contributed by atoms with Crippen LogP contribution in [0.1, 0.15) is 64.8 Å². The van der Waals surface area contributed by atoms with E-state index in [1.807, 2.05) is 12.1 Å². The number of nitrogen functional groups attached to an aromatic ring is 1. The Morgan fingerprint density at radius 3 is 2.46 bits per heavy atom. The molecule has 0 aliphatic heterocycles. The summed E-state index contributed by atoms with van der Waals surface area (Å²) in [5.74, 6) is -0.336. The summed E-state index contributed by atoms with van der Waals surface area (Å²) in [6.45, 7) is 1.92. The Hall–Kier alpha value is -3.34. The Bertz CT molecular complexity index is 1070. The number of nitrogens with one attached hydrogen (secondary N) is 1. The van der Waals surface area contributed by atoms with Crippen LogP contribution in [0.5, 0.6) is 11.5 Å². The van der Waals surface area contributed by atoms with E-state index in [4.69, 9.17) is 20.9 Å². The van der Waals surface area contributed by atoms with Gasteiger partial charge in [-0.15, -0.1) is 0 Å². The van der Waals surface area contributed by atoms with Crippen LogP contribution in [0.4, 0.5) is 5.69 Å². The monoisotopic (exact) mass is 503 g/mol. The Morgan fingerprint density at radius 2 is 1.86 bits per heavy atom. The second-order valence-electron chi connectivity index (χ2n) is 8.60. The lowest BCUT2D eigenvalue weighted by Crippen LogP contribution is -2.51. The summed E-state index contributed by atoms with van der Waals surface area (Å²) >= 11 is 0.803. The van der Waals surface area contributed by atoms with Crippen molar-refractivity contribution >= 4 is 34.9 Å². The molecule has 1 aromatic heterocycles. The van der Waals surface area contributed by atoms with Crippen LogP contribution in [0.25, 0.3) is 0 Å². The van der Waals surface area contributed by atoms with E-state index >= 15 is 0 Å². The molecule has 0 bridgehead atoms. The van der Waals surface area contributed by atoms with Gasteiger partial charge < -0.3 is 31.2 Å². The van der Waals surface area contributed by atoms with E-state index in [-0.39, 0.29) is 34.8 Å². The third-order valence-corrected chi connectivity index (χ3v) is 7.16. The van der Waals surface area contributed by atoms with Crippen molar-refractivity contribution in [1.29, 1.82) is 0 Å². The molecule has 35 heavy (non-hydrogen) atoms. The molecule has 1 atom stereocenters. The fourth-order valence-electron chi connectivity index (χ4n) is 4.23. The number of nitrogens with zero attached hydrogens (tertiary/aromatic N) is 2. The van der Waals surface area contributed by atoms with E-state index in [0.29, 0.717) is 17.9 Å². The van der Waals surface area contributed by atoms with Crippen LogP contribution in [0.2, 0.25) is 0 Å². The minimum absolute atomic E-state index is 0.0662. The van der Waals surface area contributed by atoms with E-state index in [9.17, 15) is 14.4 Å². The van der Waals surface area contributed by atoms with E-state index in [1.165, 1.54) is 11.3 Å². The van der Waals surface area contributed by atoms with Crippen molar-refractivity contribution in [3.8, 4) is 11.5 Å². The summed E-state index contributed by atoms with van der Waals surface area (Å²) in [7, 11) is 3.11. The maximum Gasteiger partial charge on any atom is 0.270 e. The van der Waals surface area contributed by atoms with Gasteiger partial charge in [-0.3, -0.25) is 14.4 Å². The van der Waals surface area contributed by atoms with Crippen molar-refractivity contribution in [1.82, 2.24) is 14.6 Å². The zero-order chi connectivity index (χ0) is 25.5. The van der Waals surface area contributed by atoms with Gasteiger partial charge in [-0.2, -0.15) is 4.37 Å². The van der Waals surface area contributed by atoms with Crippen LogP contribution in [0.15, 0.2) is 18.2 Å². The van der Waals surface area contributed by atoms with Gasteiger partial charge in [0.2, 0.25) is 5.91 Å². The molecule has 1 aromatic carbocycles. The number of methoxy groups -OCH3 is 2. The number of rotatable bonds is 10. The van der Waals surface area contributed by atoms with Gasteiger partial charge >= 0.3 is 0 Å². The summed E-state index contributed by atoms with van der Waals surface area (Å²) in [5, 5.41) is 3.09. The number of aromatic nitrogens is 1. The minimum Gasteiger partial charge on any atom is -0.493 e. The Kier molecular flexibility index (Phi) is 8.91. The van der Waals surface area contributed by atoms with Crippen LogP contribution in [-0.4, -0.2) is 59.8 Å². The third-order valence-electron chi connectivity index (χ3n) is 6.30. The standard InChI is InChI=1S/C24H33N5O5S/c1-14(23(31)27-16-7-5-4-6-8-16)29(24(32)21-19(25)20(22(26)30)28-35-21)12-11-15-9-10-17(33-2)18(13-15)34-3/h9-10,13-14,16H,4-8,11-12,25H2,1-3H3,(H2,26,30)(H,27,31)/t14-/m0/s1. The lowest BCUT2D eigenvalue weighted by Gasteiger charge is -2.31. The molecule has 3 rings (SSSR count). The molecule has 2 aromatic rings. The highest BCUT2D eigenvalue weighted by Gasteiger charge is 2.32. The van der Waals surface area contributed by atoms with E-state index in [0.717, 1.165) is 42.8 Å². The van der Waals surface area contributed by atoms with Gasteiger partial charge in [-0.25, -0.2) is 0 Å². The molecule has 1 heterocycles. The zero-order valence-electron chi connectivity index (χ0n) is 20.3. The van der Waals surface area contributed by atoms with Crippen molar-refractivity contribution < 1.29 is 23.9 Å². The van der Waals surface area contributed by atoms with Gasteiger partial charge in [-0.1, -0.05) is 25.3 Å². The van der Waals surface area contributed by atoms with Crippen LogP contribution in [0.3, 0.4) is 0 Å². The first-order chi connectivity index (χ1) is 16.8. The van der Waals surface area contributed by atoms with E-state index in [1.54, 1.807) is 27.2 Å². The molecule has 1 aliphatic rings. The summed E-state index contributed by atoms with van der Waals surface area (Å²) in [6, 6.07) is 4.85. The van der Waals surface area contributed by atoms with Gasteiger partial charge in [0.25, 0.3) is 11.8 Å². The Morgan fingerprint density at radius 1 is 1.17 bits per heavy atom. The molecule has 3 amide bonds. The predicted molar refractivity (Wildman–Crippen MR) is 134 cm³/mol. The second-order valence-corrected chi connectivity index (χ2v) is 9.37. The molecule has 1 saturated carbocycles. The smallest absolute Gasteiger partial charge is 0.270 e. The molecule has 0 spiro atoms. The molecule has 1 fully saturated rings. The van der Waals surface area contributed by atoms with E-state index in [2.05, 4.69) is 9.69 Å². The molecule has 11 heteroatoms. The number of benzene rings is 1. The Labute approximate surface area is 209 Å². The number of anilines is 1. The number of carbonyl (C=O) groups excluding carboxylic acids is 3. The zero-order valence-corrected chi connectivity index (χ0v) is 21.2. The molecular weight excluding hydrogens is 470 g/mol. The fraction of sp³-hybridized carbons (Fsp3) is 0.500. The van der Waals surface area contributed by atoms with Crippen molar-refractivity contribution in [2.45, 2.75) is 57.5 Å². The fourth-order valence-corrected chi connectivity index (χ4v) is 4.99. The normalized spacial score (nSPS) is 14.7. The van der Waals surface area contributed by atoms with Gasteiger partial charge in [0, 0.05) is 12.6 Å². The van der Waals surface area contributed by atoms with E-state index < -0.39 is 17.9 Å².